The molecule has 4 heterocycles. The molecule has 1 aromatic carbocycles. The number of anilines is 3. The van der Waals surface area contributed by atoms with Gasteiger partial charge in [-0.25, -0.2) is 19.9 Å². The Kier molecular flexibility index (Phi) is 6.94. The second-order valence-electron chi connectivity index (χ2n) is 8.19. The van der Waals surface area contributed by atoms with Crippen molar-refractivity contribution in [2.45, 2.75) is 0 Å². The van der Waals surface area contributed by atoms with Crippen molar-refractivity contribution in [1.29, 1.82) is 0 Å². The lowest BCUT2D eigenvalue weighted by Gasteiger charge is -2.29. The number of aromatic nitrogens is 5. The van der Waals surface area contributed by atoms with Gasteiger partial charge in [-0.3, -0.25) is 10.1 Å². The molecule has 0 bridgehead atoms. The molecule has 36 heavy (non-hydrogen) atoms. The molecular weight excluding hydrogens is 460 g/mol. The van der Waals surface area contributed by atoms with Crippen LogP contribution in [0.25, 0.3) is 16.9 Å². The number of hydrogen-bond acceptors (Lipinski definition) is 10. The van der Waals surface area contributed by atoms with Crippen molar-refractivity contribution in [2.75, 3.05) is 54.8 Å². The van der Waals surface area contributed by atoms with Gasteiger partial charge in [0, 0.05) is 69.0 Å². The summed E-state index contributed by atoms with van der Waals surface area (Å²) >= 11 is 0. The number of rotatable bonds is 9. The molecular formula is C24H26N10O2. The molecule has 3 aromatic heterocycles. The van der Waals surface area contributed by atoms with Gasteiger partial charge in [0.2, 0.25) is 5.95 Å². The second-order valence-corrected chi connectivity index (χ2v) is 8.19. The van der Waals surface area contributed by atoms with E-state index in [1.54, 1.807) is 24.8 Å². The standard InChI is InChI=1S/C24H26N10O2/c35-34(36)20-5-6-22(29-15-20)27-7-8-28-24-30-16-21(33-14-11-26-17-33)23(31-24)18-1-3-19(4-2-18)32-12-9-25-10-13-32/h1-6,11,14-17,25H,7-10,12-13H2,(H,27,29)(H,28,30,31). The van der Waals surface area contributed by atoms with Crippen LogP contribution in [0, 0.1) is 10.1 Å². The van der Waals surface area contributed by atoms with Crippen molar-refractivity contribution in [3.63, 3.8) is 0 Å². The van der Waals surface area contributed by atoms with E-state index in [9.17, 15) is 10.1 Å². The molecule has 1 saturated heterocycles. The third-order valence-electron chi connectivity index (χ3n) is 5.85. The van der Waals surface area contributed by atoms with Gasteiger partial charge in [0.15, 0.2) is 0 Å². The van der Waals surface area contributed by atoms with Crippen molar-refractivity contribution >= 4 is 23.1 Å². The number of imidazole rings is 1. The molecule has 0 spiro atoms. The predicted octanol–water partition coefficient (Wildman–Crippen LogP) is 2.57. The maximum absolute atomic E-state index is 10.8. The molecule has 184 valence electrons. The van der Waals surface area contributed by atoms with E-state index in [4.69, 9.17) is 4.98 Å². The van der Waals surface area contributed by atoms with Gasteiger partial charge in [-0.2, -0.15) is 0 Å². The minimum atomic E-state index is -0.473. The minimum absolute atomic E-state index is 0.0430. The van der Waals surface area contributed by atoms with Crippen molar-refractivity contribution < 1.29 is 4.92 Å². The first-order valence-corrected chi connectivity index (χ1v) is 11.7. The molecule has 4 aromatic rings. The first-order chi connectivity index (χ1) is 17.7. The Morgan fingerprint density at radius 3 is 2.50 bits per heavy atom. The van der Waals surface area contributed by atoms with E-state index in [1.807, 2.05) is 10.8 Å². The lowest BCUT2D eigenvalue weighted by atomic mass is 10.1. The van der Waals surface area contributed by atoms with Gasteiger partial charge < -0.3 is 25.4 Å². The first kappa shape index (κ1) is 23.2. The van der Waals surface area contributed by atoms with E-state index in [0.717, 1.165) is 43.1 Å². The first-order valence-electron chi connectivity index (χ1n) is 11.7. The van der Waals surface area contributed by atoms with Gasteiger partial charge in [0.25, 0.3) is 5.69 Å². The Labute approximate surface area is 207 Å². The highest BCUT2D eigenvalue weighted by molar-refractivity contribution is 5.71. The lowest BCUT2D eigenvalue weighted by Crippen LogP contribution is -2.43. The molecule has 0 aliphatic carbocycles. The molecule has 3 N–H and O–H groups in total. The number of nitrogens with one attached hydrogen (secondary N) is 3. The van der Waals surface area contributed by atoms with Gasteiger partial charge in [0.1, 0.15) is 12.0 Å². The third-order valence-corrected chi connectivity index (χ3v) is 5.85. The van der Waals surface area contributed by atoms with Crippen LogP contribution in [0.2, 0.25) is 0 Å². The van der Waals surface area contributed by atoms with Gasteiger partial charge in [-0.05, 0) is 18.2 Å². The van der Waals surface area contributed by atoms with Crippen LogP contribution in [0.15, 0.2) is 67.5 Å². The maximum atomic E-state index is 10.8. The van der Waals surface area contributed by atoms with Gasteiger partial charge >= 0.3 is 0 Å². The maximum Gasteiger partial charge on any atom is 0.287 e. The summed E-state index contributed by atoms with van der Waals surface area (Å²) in [7, 11) is 0. The van der Waals surface area contributed by atoms with E-state index in [-0.39, 0.29) is 5.69 Å². The molecule has 0 atom stereocenters. The number of nitrogens with zero attached hydrogens (tertiary/aromatic N) is 7. The zero-order chi connectivity index (χ0) is 24.7. The summed E-state index contributed by atoms with van der Waals surface area (Å²) in [5, 5.41) is 20.5. The minimum Gasteiger partial charge on any atom is -0.369 e. The van der Waals surface area contributed by atoms with Crippen LogP contribution in [0.3, 0.4) is 0 Å². The topological polar surface area (TPSA) is 139 Å². The van der Waals surface area contributed by atoms with Crippen molar-refractivity contribution in [2.24, 2.45) is 0 Å². The van der Waals surface area contributed by atoms with E-state index in [1.165, 1.54) is 18.0 Å². The predicted molar refractivity (Wildman–Crippen MR) is 138 cm³/mol. The Morgan fingerprint density at radius 1 is 1.00 bits per heavy atom. The Hall–Kier alpha value is -4.58. The summed E-state index contributed by atoms with van der Waals surface area (Å²) in [5.41, 5.74) is 3.76. The van der Waals surface area contributed by atoms with Crippen molar-refractivity contribution in [1.82, 2.24) is 29.8 Å². The number of benzene rings is 1. The van der Waals surface area contributed by atoms with E-state index >= 15 is 0 Å². The number of nitro groups is 1. The summed E-state index contributed by atoms with van der Waals surface area (Å²) in [6.07, 6.45) is 8.33. The highest BCUT2D eigenvalue weighted by atomic mass is 16.6. The molecule has 12 heteroatoms. The van der Waals surface area contributed by atoms with Gasteiger partial charge in [-0.15, -0.1) is 0 Å². The van der Waals surface area contributed by atoms with Crippen LogP contribution in [0.1, 0.15) is 0 Å². The quantitative estimate of drug-likeness (QED) is 0.184. The van der Waals surface area contributed by atoms with Crippen molar-refractivity contribution in [3.05, 3.63) is 77.6 Å². The Morgan fingerprint density at radius 2 is 1.81 bits per heavy atom. The Balaban J connectivity index is 1.29. The van der Waals surface area contributed by atoms with Crippen LogP contribution < -0.4 is 20.9 Å². The van der Waals surface area contributed by atoms with Crippen LogP contribution in [-0.4, -0.2) is 68.7 Å². The second kappa shape index (κ2) is 10.8. The monoisotopic (exact) mass is 486 g/mol. The van der Waals surface area contributed by atoms with Crippen LogP contribution in [0.5, 0.6) is 0 Å². The fraction of sp³-hybridized carbons (Fsp3) is 0.250. The third kappa shape index (κ3) is 5.39. The van der Waals surface area contributed by atoms with Crippen LogP contribution >= 0.6 is 0 Å². The zero-order valence-corrected chi connectivity index (χ0v) is 19.5. The van der Waals surface area contributed by atoms with E-state index in [0.29, 0.717) is 24.9 Å². The number of hydrogen-bond donors (Lipinski definition) is 3. The summed E-state index contributed by atoms with van der Waals surface area (Å²) < 4.78 is 1.89. The fourth-order valence-corrected chi connectivity index (χ4v) is 3.98. The molecule has 1 aliphatic heterocycles. The summed E-state index contributed by atoms with van der Waals surface area (Å²) in [6, 6.07) is 11.4. The molecule has 1 aliphatic rings. The normalized spacial score (nSPS) is 13.4. The smallest absolute Gasteiger partial charge is 0.287 e. The number of piperazine rings is 1. The zero-order valence-electron chi connectivity index (χ0n) is 19.5. The van der Waals surface area contributed by atoms with Crippen LogP contribution in [0.4, 0.5) is 23.1 Å². The molecule has 5 rings (SSSR count). The van der Waals surface area contributed by atoms with Gasteiger partial charge in [0.05, 0.1) is 28.8 Å². The molecule has 12 nitrogen and oxygen atoms in total. The highest BCUT2D eigenvalue weighted by Crippen LogP contribution is 2.27. The summed E-state index contributed by atoms with van der Waals surface area (Å²) in [4.78, 5) is 30.2. The molecule has 0 unspecified atom stereocenters. The lowest BCUT2D eigenvalue weighted by molar-refractivity contribution is -0.385. The van der Waals surface area contributed by atoms with Gasteiger partial charge in [-0.1, -0.05) is 12.1 Å². The van der Waals surface area contributed by atoms with Crippen molar-refractivity contribution in [3.8, 4) is 16.9 Å². The molecule has 1 fully saturated rings. The number of pyridine rings is 1. The summed E-state index contributed by atoms with van der Waals surface area (Å²) in [6.45, 7) is 5.02. The average molecular weight is 487 g/mol. The largest absolute Gasteiger partial charge is 0.369 e. The molecule has 0 radical (unpaired) electrons. The van der Waals surface area contributed by atoms with Crippen LogP contribution in [-0.2, 0) is 0 Å². The van der Waals surface area contributed by atoms with E-state index in [2.05, 4.69) is 60.1 Å². The Bertz CT molecular complexity index is 1290. The SMILES string of the molecule is O=[N+]([O-])c1ccc(NCCNc2ncc(-n3ccnc3)c(-c3ccc(N4CCNCC4)cc3)n2)nc1. The average Bonchev–Trinajstić information content (AvgIpc) is 3.47. The fourth-order valence-electron chi connectivity index (χ4n) is 3.98. The molecule has 0 saturated carbocycles. The summed E-state index contributed by atoms with van der Waals surface area (Å²) in [5.74, 6) is 1.06. The highest BCUT2D eigenvalue weighted by Gasteiger charge is 2.14. The van der Waals surface area contributed by atoms with E-state index < -0.39 is 4.92 Å². The molecule has 0 amide bonds.